The van der Waals surface area contributed by atoms with Crippen LogP contribution in [-0.4, -0.2) is 34.2 Å². The van der Waals surface area contributed by atoms with Crippen molar-refractivity contribution in [3.8, 4) is 0 Å². The number of H-pyrrole nitrogens is 3. The molecule has 1 aliphatic rings. The maximum atomic E-state index is 10.2. The van der Waals surface area contributed by atoms with Gasteiger partial charge in [0.25, 0.3) is 0 Å². The van der Waals surface area contributed by atoms with Crippen molar-refractivity contribution in [2.45, 2.75) is 6.10 Å². The first-order chi connectivity index (χ1) is 6.61. The molecule has 1 unspecified atom stereocenters. The predicted molar refractivity (Wildman–Crippen MR) is 47.1 cm³/mol. The van der Waals surface area contributed by atoms with Gasteiger partial charge in [0.15, 0.2) is 0 Å². The summed E-state index contributed by atoms with van der Waals surface area (Å²) in [6.45, 7) is 1.58. The van der Waals surface area contributed by atoms with Crippen molar-refractivity contribution < 1.29 is 4.74 Å². The summed E-state index contributed by atoms with van der Waals surface area (Å²) in [5.41, 5.74) is 2.70. The quantitative estimate of drug-likeness (QED) is 0.362. The summed E-state index contributed by atoms with van der Waals surface area (Å²) in [7, 11) is 0. The molecular formula is C6H10N4O4. The molecule has 0 radical (unpaired) electrons. The fourth-order valence-corrected chi connectivity index (χ4v) is 0.607. The Morgan fingerprint density at radius 2 is 1.50 bits per heavy atom. The van der Waals surface area contributed by atoms with Crippen molar-refractivity contribution in [1.29, 1.82) is 0 Å². The lowest BCUT2D eigenvalue weighted by molar-refractivity contribution is 0.412. The van der Waals surface area contributed by atoms with Crippen molar-refractivity contribution in [3.05, 3.63) is 31.5 Å². The van der Waals surface area contributed by atoms with Crippen LogP contribution in [-0.2, 0) is 4.74 Å². The fourth-order valence-electron chi connectivity index (χ4n) is 0.607. The molecule has 1 aromatic heterocycles. The molecule has 1 aromatic rings. The van der Waals surface area contributed by atoms with E-state index < -0.39 is 17.1 Å². The topological polar surface area (TPSA) is 137 Å². The van der Waals surface area contributed by atoms with Crippen LogP contribution in [0.2, 0.25) is 0 Å². The Labute approximate surface area is 77.1 Å². The third-order valence-corrected chi connectivity index (χ3v) is 1.35. The van der Waals surface area contributed by atoms with E-state index in [4.69, 9.17) is 10.5 Å². The van der Waals surface area contributed by atoms with Gasteiger partial charge in [0.1, 0.15) is 0 Å². The molecule has 5 N–H and O–H groups in total. The first-order valence-electron chi connectivity index (χ1n) is 3.86. The molecule has 0 amide bonds. The van der Waals surface area contributed by atoms with Gasteiger partial charge in [0.2, 0.25) is 0 Å². The summed E-state index contributed by atoms with van der Waals surface area (Å²) < 4.78 is 4.73. The average Bonchev–Trinajstić information content (AvgIpc) is 2.84. The van der Waals surface area contributed by atoms with Crippen molar-refractivity contribution in [2.75, 3.05) is 13.2 Å². The molecule has 0 aromatic carbocycles. The second kappa shape index (κ2) is 4.53. The summed E-state index contributed by atoms with van der Waals surface area (Å²) in [5.74, 6) is 0. The van der Waals surface area contributed by atoms with Crippen molar-refractivity contribution in [2.24, 2.45) is 5.73 Å². The smallest absolute Gasteiger partial charge is 0.330 e. The molecule has 14 heavy (non-hydrogen) atoms. The minimum Gasteiger partial charge on any atom is -0.372 e. The summed E-state index contributed by atoms with van der Waals surface area (Å²) in [5, 5.41) is 0. The van der Waals surface area contributed by atoms with Crippen LogP contribution in [0.25, 0.3) is 0 Å². The van der Waals surface area contributed by atoms with Crippen LogP contribution in [0.5, 0.6) is 0 Å². The Morgan fingerprint density at radius 3 is 1.64 bits per heavy atom. The van der Waals surface area contributed by atoms with Crippen LogP contribution in [0.3, 0.4) is 0 Å². The van der Waals surface area contributed by atoms with E-state index in [9.17, 15) is 14.4 Å². The predicted octanol–water partition coefficient (Wildman–Crippen LogP) is -2.90. The molecule has 0 spiro atoms. The standard InChI is InChI=1S/C3H3N3O3.C3H7NO/c7-1-4-2(8)6-3(9)5-1;4-1-3-2-5-3/h(H3,4,5,6,7,8,9);3H,1-2,4H2. The summed E-state index contributed by atoms with van der Waals surface area (Å²) in [6.07, 6.45) is 0.412. The van der Waals surface area contributed by atoms with E-state index in [1.807, 2.05) is 0 Å². The minimum absolute atomic E-state index is 0.412. The second-order valence-electron chi connectivity index (χ2n) is 2.55. The van der Waals surface area contributed by atoms with E-state index in [1.165, 1.54) is 0 Å². The SMILES string of the molecule is NCC1CO1.O=c1[nH]c(=O)[nH]c(=O)[nH]1. The molecule has 8 nitrogen and oxygen atoms in total. The first-order valence-corrected chi connectivity index (χ1v) is 3.86. The number of nitrogens with one attached hydrogen (secondary N) is 3. The number of hydrogen-bond acceptors (Lipinski definition) is 5. The Kier molecular flexibility index (Phi) is 3.37. The van der Waals surface area contributed by atoms with Gasteiger partial charge in [-0.2, -0.15) is 0 Å². The summed E-state index contributed by atoms with van der Waals surface area (Å²) in [6, 6.07) is 0. The third kappa shape index (κ3) is 3.83. The van der Waals surface area contributed by atoms with E-state index >= 15 is 0 Å². The number of hydrogen-bond donors (Lipinski definition) is 4. The van der Waals surface area contributed by atoms with Gasteiger partial charge in [-0.3, -0.25) is 15.0 Å². The monoisotopic (exact) mass is 202 g/mol. The molecule has 2 rings (SSSR count). The largest absolute Gasteiger partial charge is 0.372 e. The summed E-state index contributed by atoms with van der Waals surface area (Å²) >= 11 is 0. The second-order valence-corrected chi connectivity index (χ2v) is 2.55. The maximum absolute atomic E-state index is 10.2. The van der Waals surface area contributed by atoms with Crippen LogP contribution in [0.1, 0.15) is 0 Å². The fraction of sp³-hybridized carbons (Fsp3) is 0.500. The number of nitrogens with two attached hydrogens (primary N) is 1. The number of aromatic nitrogens is 3. The Hall–Kier alpha value is -1.67. The van der Waals surface area contributed by atoms with Gasteiger partial charge < -0.3 is 10.5 Å². The number of ether oxygens (including phenoxy) is 1. The number of rotatable bonds is 1. The zero-order valence-electron chi connectivity index (χ0n) is 7.20. The van der Waals surface area contributed by atoms with Crippen LogP contribution < -0.4 is 22.8 Å². The van der Waals surface area contributed by atoms with Gasteiger partial charge in [0.05, 0.1) is 12.7 Å². The first kappa shape index (κ1) is 10.4. The molecule has 2 heterocycles. The number of epoxide rings is 1. The lowest BCUT2D eigenvalue weighted by atomic mass is 10.5. The molecule has 8 heteroatoms. The highest BCUT2D eigenvalue weighted by molar-refractivity contribution is 4.67. The molecule has 0 saturated carbocycles. The highest BCUT2D eigenvalue weighted by atomic mass is 16.6. The Bertz CT molecular complexity index is 361. The molecule has 1 aliphatic heterocycles. The van der Waals surface area contributed by atoms with Gasteiger partial charge in [-0.1, -0.05) is 0 Å². The molecule has 78 valence electrons. The average molecular weight is 202 g/mol. The van der Waals surface area contributed by atoms with Crippen LogP contribution in [0, 0.1) is 0 Å². The molecule has 0 bridgehead atoms. The van der Waals surface area contributed by atoms with Crippen LogP contribution >= 0.6 is 0 Å². The number of aromatic amines is 3. The van der Waals surface area contributed by atoms with E-state index in [-0.39, 0.29) is 0 Å². The zero-order valence-corrected chi connectivity index (χ0v) is 7.20. The van der Waals surface area contributed by atoms with E-state index in [0.29, 0.717) is 12.6 Å². The van der Waals surface area contributed by atoms with Crippen LogP contribution in [0.4, 0.5) is 0 Å². The van der Waals surface area contributed by atoms with Gasteiger partial charge in [-0.25, -0.2) is 14.4 Å². The van der Waals surface area contributed by atoms with Gasteiger partial charge in [-0.15, -0.1) is 0 Å². The van der Waals surface area contributed by atoms with E-state index in [2.05, 4.69) is 0 Å². The molecule has 0 aliphatic carbocycles. The van der Waals surface area contributed by atoms with Gasteiger partial charge in [0, 0.05) is 6.54 Å². The highest BCUT2D eigenvalue weighted by Gasteiger charge is 2.18. The van der Waals surface area contributed by atoms with Crippen LogP contribution in [0.15, 0.2) is 14.4 Å². The lowest BCUT2D eigenvalue weighted by Crippen LogP contribution is -2.34. The molecule has 1 saturated heterocycles. The minimum atomic E-state index is -0.802. The molecule has 1 atom stereocenters. The van der Waals surface area contributed by atoms with Crippen molar-refractivity contribution >= 4 is 0 Å². The van der Waals surface area contributed by atoms with Gasteiger partial charge in [-0.05, 0) is 0 Å². The molecular weight excluding hydrogens is 192 g/mol. The Morgan fingerprint density at radius 1 is 1.14 bits per heavy atom. The van der Waals surface area contributed by atoms with E-state index in [0.717, 1.165) is 6.61 Å². The zero-order chi connectivity index (χ0) is 10.6. The highest BCUT2D eigenvalue weighted by Crippen LogP contribution is 2.03. The van der Waals surface area contributed by atoms with Gasteiger partial charge >= 0.3 is 17.1 Å². The normalized spacial score (nSPS) is 18.2. The van der Waals surface area contributed by atoms with Crippen molar-refractivity contribution in [1.82, 2.24) is 15.0 Å². The maximum Gasteiger partial charge on any atom is 0.330 e. The molecule has 1 fully saturated rings. The Balaban J connectivity index is 0.000000165. The van der Waals surface area contributed by atoms with E-state index in [1.54, 1.807) is 15.0 Å². The third-order valence-electron chi connectivity index (χ3n) is 1.35. The summed E-state index contributed by atoms with van der Waals surface area (Å²) in [4.78, 5) is 35.9. The lowest BCUT2D eigenvalue weighted by Gasteiger charge is -1.77. The van der Waals surface area contributed by atoms with Crippen molar-refractivity contribution in [3.63, 3.8) is 0 Å².